The third kappa shape index (κ3) is 5.63. The Morgan fingerprint density at radius 1 is 1.08 bits per heavy atom. The lowest BCUT2D eigenvalue weighted by molar-refractivity contribution is -0.145. The molecule has 0 bridgehead atoms. The number of nitrogens with one attached hydrogen (secondary N) is 1. The molecule has 2 heterocycles. The summed E-state index contributed by atoms with van der Waals surface area (Å²) in [6.07, 6.45) is 0.470. The molecule has 0 radical (unpaired) electrons. The minimum Gasteiger partial charge on any atom is -0.508 e. The minimum absolute atomic E-state index is 0.106. The van der Waals surface area contributed by atoms with Crippen LogP contribution < -0.4 is 5.46 Å². The van der Waals surface area contributed by atoms with Crippen molar-refractivity contribution in [1.82, 2.24) is 4.98 Å². The Kier molecular flexibility index (Phi) is 7.74. The van der Waals surface area contributed by atoms with E-state index in [4.69, 9.17) is 14.0 Å². The van der Waals surface area contributed by atoms with Crippen molar-refractivity contribution in [2.24, 2.45) is 0 Å². The van der Waals surface area contributed by atoms with E-state index in [2.05, 4.69) is 25.8 Å². The summed E-state index contributed by atoms with van der Waals surface area (Å²) >= 11 is 1.70. The lowest BCUT2D eigenvalue weighted by Gasteiger charge is -2.32. The van der Waals surface area contributed by atoms with Crippen LogP contribution in [0.1, 0.15) is 78.1 Å². The van der Waals surface area contributed by atoms with E-state index >= 15 is 0 Å². The van der Waals surface area contributed by atoms with Crippen molar-refractivity contribution in [2.45, 2.75) is 95.5 Å². The lowest BCUT2D eigenvalue weighted by Crippen LogP contribution is -2.41. The van der Waals surface area contributed by atoms with Crippen LogP contribution in [0.4, 0.5) is 0 Å². The van der Waals surface area contributed by atoms with Crippen LogP contribution in [-0.2, 0) is 25.3 Å². The SMILES string of the molecule is CCOC(=O)C(Cc1ccc(B2OC(C)(C)C(C)(C)O2)cc1)c1[nH]c2ccc(O)c(C)c2c1SC(C)(C)C. The van der Waals surface area contributed by atoms with Crippen molar-refractivity contribution in [1.29, 1.82) is 0 Å². The molecule has 1 saturated heterocycles. The van der Waals surface area contributed by atoms with E-state index in [1.54, 1.807) is 17.8 Å². The first-order chi connectivity index (χ1) is 17.6. The Balaban J connectivity index is 1.71. The number of H-pyrrole nitrogens is 1. The van der Waals surface area contributed by atoms with Gasteiger partial charge in [0.15, 0.2) is 0 Å². The third-order valence-corrected chi connectivity index (χ3v) is 8.69. The highest BCUT2D eigenvalue weighted by Crippen LogP contribution is 2.45. The van der Waals surface area contributed by atoms with Crippen LogP contribution in [-0.4, -0.2) is 45.7 Å². The molecule has 38 heavy (non-hydrogen) atoms. The summed E-state index contributed by atoms with van der Waals surface area (Å²) in [5.41, 5.74) is 3.65. The van der Waals surface area contributed by atoms with Gasteiger partial charge in [0.25, 0.3) is 0 Å². The van der Waals surface area contributed by atoms with Crippen molar-refractivity contribution in [3.8, 4) is 5.75 Å². The van der Waals surface area contributed by atoms with Gasteiger partial charge in [0, 0.05) is 31.8 Å². The Morgan fingerprint density at radius 3 is 2.24 bits per heavy atom. The summed E-state index contributed by atoms with van der Waals surface area (Å²) in [5, 5.41) is 11.4. The topological polar surface area (TPSA) is 80.8 Å². The van der Waals surface area contributed by atoms with Gasteiger partial charge in [-0.2, -0.15) is 0 Å². The van der Waals surface area contributed by atoms with Gasteiger partial charge in [0.2, 0.25) is 0 Å². The molecular weight excluding hydrogens is 497 g/mol. The summed E-state index contributed by atoms with van der Waals surface area (Å²) < 4.78 is 17.9. The Hall–Kier alpha value is -2.42. The molecule has 1 aliphatic rings. The maximum Gasteiger partial charge on any atom is 0.494 e. The number of thioether (sulfide) groups is 1. The predicted molar refractivity (Wildman–Crippen MR) is 156 cm³/mol. The molecule has 3 aromatic rings. The fourth-order valence-corrected chi connectivity index (χ4v) is 5.94. The second-order valence-corrected chi connectivity index (χ2v) is 13.9. The van der Waals surface area contributed by atoms with Crippen molar-refractivity contribution in [3.63, 3.8) is 0 Å². The monoisotopic (exact) mass is 537 g/mol. The number of aryl methyl sites for hydroxylation is 1. The van der Waals surface area contributed by atoms with Crippen LogP contribution in [0.2, 0.25) is 0 Å². The maximum atomic E-state index is 13.4. The summed E-state index contributed by atoms with van der Waals surface area (Å²) in [6, 6.07) is 11.6. The fraction of sp³-hybridized carbons (Fsp3) is 0.500. The van der Waals surface area contributed by atoms with E-state index in [1.165, 1.54) is 0 Å². The number of ether oxygens (including phenoxy) is 1. The summed E-state index contributed by atoms with van der Waals surface area (Å²) in [7, 11) is -0.436. The number of fused-ring (bicyclic) bond motifs is 1. The molecule has 0 saturated carbocycles. The average Bonchev–Trinajstić information content (AvgIpc) is 3.27. The van der Waals surface area contributed by atoms with Gasteiger partial charge in [0.1, 0.15) is 11.7 Å². The Morgan fingerprint density at radius 2 is 1.68 bits per heavy atom. The molecule has 6 nitrogen and oxygen atoms in total. The van der Waals surface area contributed by atoms with E-state index in [1.807, 2.05) is 71.9 Å². The average molecular weight is 538 g/mol. The molecule has 204 valence electrons. The largest absolute Gasteiger partial charge is 0.508 e. The number of hydrogen-bond donors (Lipinski definition) is 2. The Bertz CT molecular complexity index is 1310. The molecule has 1 aromatic heterocycles. The van der Waals surface area contributed by atoms with Gasteiger partial charge in [-0.1, -0.05) is 45.0 Å². The van der Waals surface area contributed by atoms with E-state index in [9.17, 15) is 9.90 Å². The number of carbonyl (C=O) groups is 1. The second kappa shape index (κ2) is 10.3. The van der Waals surface area contributed by atoms with Crippen LogP contribution in [0, 0.1) is 6.92 Å². The van der Waals surface area contributed by atoms with Crippen molar-refractivity contribution in [2.75, 3.05) is 6.61 Å². The zero-order valence-electron chi connectivity index (χ0n) is 24.0. The van der Waals surface area contributed by atoms with Gasteiger partial charge < -0.3 is 24.1 Å². The Labute approximate surface area is 231 Å². The number of benzene rings is 2. The fourth-order valence-electron chi connectivity index (χ4n) is 4.66. The quantitative estimate of drug-likeness (QED) is 0.210. The molecule has 2 N–H and O–H groups in total. The first-order valence-electron chi connectivity index (χ1n) is 13.3. The number of hydrogen-bond acceptors (Lipinski definition) is 6. The van der Waals surface area contributed by atoms with Gasteiger partial charge in [-0.3, -0.25) is 4.79 Å². The molecule has 8 heteroatoms. The van der Waals surface area contributed by atoms with Gasteiger partial charge in [-0.25, -0.2) is 0 Å². The van der Waals surface area contributed by atoms with Gasteiger partial charge in [-0.15, -0.1) is 11.8 Å². The number of carbonyl (C=O) groups excluding carboxylic acids is 1. The van der Waals surface area contributed by atoms with Gasteiger partial charge in [0.05, 0.1) is 17.8 Å². The highest BCUT2D eigenvalue weighted by Gasteiger charge is 2.51. The summed E-state index contributed by atoms with van der Waals surface area (Å²) in [6.45, 7) is 18.6. The van der Waals surface area contributed by atoms with Crippen LogP contribution in [0.3, 0.4) is 0 Å². The number of esters is 1. The zero-order valence-corrected chi connectivity index (χ0v) is 24.8. The number of aromatic nitrogens is 1. The summed E-state index contributed by atoms with van der Waals surface area (Å²) in [4.78, 5) is 17.9. The number of phenolic OH excluding ortho intramolecular Hbond substituents is 1. The normalized spacial score (nSPS) is 17.7. The molecule has 2 aromatic carbocycles. The highest BCUT2D eigenvalue weighted by atomic mass is 32.2. The van der Waals surface area contributed by atoms with Crippen molar-refractivity contribution in [3.05, 3.63) is 53.2 Å². The van der Waals surface area contributed by atoms with Crippen LogP contribution in [0.15, 0.2) is 41.3 Å². The number of aromatic amines is 1. The van der Waals surface area contributed by atoms with E-state index in [0.29, 0.717) is 13.0 Å². The highest BCUT2D eigenvalue weighted by molar-refractivity contribution is 8.00. The first-order valence-corrected chi connectivity index (χ1v) is 14.1. The van der Waals surface area contributed by atoms with Crippen LogP contribution >= 0.6 is 11.8 Å². The molecule has 1 unspecified atom stereocenters. The van der Waals surface area contributed by atoms with Gasteiger partial charge in [-0.05, 0) is 71.1 Å². The molecule has 0 amide bonds. The standard InChI is InChI=1S/C30H40BNO5S/c1-10-35-27(34)21(17-19-11-13-20(14-12-19)31-36-29(6,7)30(8,9)37-31)25-26(38-28(3,4)5)24-18(2)23(33)16-15-22(24)32-25/h11-16,21,32-33H,10,17H2,1-9H3. The minimum atomic E-state index is -0.531. The first kappa shape index (κ1) is 28.6. The number of rotatable bonds is 7. The zero-order chi connectivity index (χ0) is 28.0. The molecule has 1 fully saturated rings. The second-order valence-electron chi connectivity index (χ2n) is 12.1. The number of phenols is 1. The number of aromatic hydroxyl groups is 1. The van der Waals surface area contributed by atoms with Gasteiger partial charge >= 0.3 is 13.1 Å². The lowest BCUT2D eigenvalue weighted by atomic mass is 9.78. The molecule has 1 atom stereocenters. The smallest absolute Gasteiger partial charge is 0.494 e. The van der Waals surface area contributed by atoms with Crippen molar-refractivity contribution >= 4 is 41.2 Å². The van der Waals surface area contributed by atoms with Crippen molar-refractivity contribution < 1.29 is 23.9 Å². The summed E-state index contributed by atoms with van der Waals surface area (Å²) in [5.74, 6) is -0.562. The van der Waals surface area contributed by atoms with E-state index in [-0.39, 0.29) is 16.5 Å². The van der Waals surface area contributed by atoms with E-state index in [0.717, 1.165) is 38.1 Å². The predicted octanol–water partition coefficient (Wildman–Crippen LogP) is 6.26. The van der Waals surface area contributed by atoms with E-state index < -0.39 is 24.2 Å². The molecule has 1 aliphatic heterocycles. The van der Waals surface area contributed by atoms with Crippen LogP contribution in [0.25, 0.3) is 10.9 Å². The third-order valence-electron chi connectivity index (χ3n) is 7.45. The molecule has 0 aliphatic carbocycles. The molecule has 0 spiro atoms. The molecule has 4 rings (SSSR count). The maximum absolute atomic E-state index is 13.4. The van der Waals surface area contributed by atoms with Crippen LogP contribution in [0.5, 0.6) is 5.75 Å². The molecular formula is C30H40BNO5S.